The van der Waals surface area contributed by atoms with E-state index in [1.54, 1.807) is 10.6 Å². The van der Waals surface area contributed by atoms with Gasteiger partial charge in [-0.25, -0.2) is 13.6 Å². The lowest BCUT2D eigenvalue weighted by molar-refractivity contribution is -0.141. The van der Waals surface area contributed by atoms with Gasteiger partial charge < -0.3 is 9.30 Å². The van der Waals surface area contributed by atoms with Crippen molar-refractivity contribution in [2.75, 3.05) is 19.8 Å². The minimum Gasteiger partial charge on any atom is -0.380 e. The van der Waals surface area contributed by atoms with Gasteiger partial charge in [-0.3, -0.25) is 19.3 Å². The Bertz CT molecular complexity index is 1130. The molecule has 1 fully saturated rings. The smallest absolute Gasteiger partial charge is 0.268 e. The van der Waals surface area contributed by atoms with Crippen LogP contribution in [-0.2, 0) is 35.7 Å². The molecule has 1 saturated heterocycles. The Morgan fingerprint density at radius 2 is 1.97 bits per heavy atom. The number of nitrogens with two attached hydrogens (primary N) is 1. The summed E-state index contributed by atoms with van der Waals surface area (Å²) in [4.78, 5) is 41.0. The van der Waals surface area contributed by atoms with Crippen LogP contribution in [0.3, 0.4) is 0 Å². The molecule has 12 heteroatoms. The fourth-order valence-electron chi connectivity index (χ4n) is 2.91. The third-order valence-corrected chi connectivity index (χ3v) is 6.27. The molecule has 2 heterocycles. The molecule has 3 amide bonds. The minimum atomic E-state index is -3.88. The number of fused-ring (bicyclic) bond motifs is 1. The summed E-state index contributed by atoms with van der Waals surface area (Å²) >= 11 is 1.11. The van der Waals surface area contributed by atoms with Gasteiger partial charge in [0.05, 0.1) is 21.7 Å². The Kier molecular flexibility index (Phi) is 6.27. The first-order valence-corrected chi connectivity index (χ1v) is 11.2. The molecule has 1 aromatic carbocycles. The zero-order valence-electron chi connectivity index (χ0n) is 15.7. The average Bonchev–Trinajstić information content (AvgIpc) is 3.15. The zero-order chi connectivity index (χ0) is 21.2. The normalized spacial score (nSPS) is 15.7. The zero-order valence-corrected chi connectivity index (χ0v) is 17.3. The summed E-state index contributed by atoms with van der Waals surface area (Å²) in [6, 6.07) is 4.40. The Labute approximate surface area is 170 Å². The fourth-order valence-corrected chi connectivity index (χ4v) is 4.64. The van der Waals surface area contributed by atoms with Gasteiger partial charge in [0.2, 0.25) is 21.8 Å². The summed E-state index contributed by atoms with van der Waals surface area (Å²) in [7, 11) is -3.88. The molecule has 0 spiro atoms. The lowest BCUT2D eigenvalue weighted by Gasteiger charge is -2.10. The molecule has 0 unspecified atom stereocenters. The number of ether oxygens (including phenoxy) is 1. The van der Waals surface area contributed by atoms with Crippen LogP contribution in [0.4, 0.5) is 0 Å². The van der Waals surface area contributed by atoms with Crippen LogP contribution in [0.5, 0.6) is 0 Å². The Hall–Kier alpha value is -2.41. The molecule has 2 N–H and O–H groups in total. The molecular formula is C17H20N4O6S2. The number of sulfonamides is 1. The first-order chi connectivity index (χ1) is 13.7. The Morgan fingerprint density at radius 1 is 1.28 bits per heavy atom. The number of carbonyl (C=O) groups excluding carboxylic acids is 3. The van der Waals surface area contributed by atoms with Crippen LogP contribution in [0.25, 0.3) is 10.2 Å². The number of imide groups is 1. The predicted octanol–water partition coefficient (Wildman–Crippen LogP) is -0.0370. The first kappa shape index (κ1) is 21.3. The molecule has 0 radical (unpaired) electrons. The quantitative estimate of drug-likeness (QED) is 0.473. The van der Waals surface area contributed by atoms with E-state index in [-0.39, 0.29) is 17.7 Å². The lowest BCUT2D eigenvalue weighted by Crippen LogP contribution is -2.34. The summed E-state index contributed by atoms with van der Waals surface area (Å²) in [6.45, 7) is 2.70. The number of hydrogen-bond donors (Lipinski definition) is 1. The highest BCUT2D eigenvalue weighted by molar-refractivity contribution is 7.89. The highest BCUT2D eigenvalue weighted by atomic mass is 32.2. The number of nitrogens with zero attached hydrogens (tertiary/aromatic N) is 3. The van der Waals surface area contributed by atoms with E-state index in [9.17, 15) is 22.8 Å². The van der Waals surface area contributed by atoms with Gasteiger partial charge in [-0.05, 0) is 25.1 Å². The number of thiazole rings is 1. The molecular weight excluding hydrogens is 420 g/mol. The van der Waals surface area contributed by atoms with Crippen molar-refractivity contribution in [1.29, 1.82) is 0 Å². The van der Waals surface area contributed by atoms with Crippen LogP contribution in [0.2, 0.25) is 0 Å². The van der Waals surface area contributed by atoms with Crippen molar-refractivity contribution in [1.82, 2.24) is 9.47 Å². The van der Waals surface area contributed by atoms with Gasteiger partial charge in [-0.2, -0.15) is 4.99 Å². The molecule has 156 valence electrons. The van der Waals surface area contributed by atoms with Crippen molar-refractivity contribution >= 4 is 49.3 Å². The molecule has 29 heavy (non-hydrogen) atoms. The number of likely N-dealkylation sites (tertiary alicyclic amines) is 1. The monoisotopic (exact) mass is 440 g/mol. The van der Waals surface area contributed by atoms with Crippen LogP contribution < -0.4 is 9.94 Å². The van der Waals surface area contributed by atoms with E-state index in [2.05, 4.69) is 4.99 Å². The highest BCUT2D eigenvalue weighted by Crippen LogP contribution is 2.21. The highest BCUT2D eigenvalue weighted by Gasteiger charge is 2.30. The second-order valence-electron chi connectivity index (χ2n) is 6.29. The van der Waals surface area contributed by atoms with Crippen LogP contribution >= 0.6 is 11.3 Å². The van der Waals surface area contributed by atoms with Crippen LogP contribution in [0, 0.1) is 0 Å². The molecule has 3 rings (SSSR count). The van der Waals surface area contributed by atoms with Gasteiger partial charge in [0.25, 0.3) is 5.91 Å². The summed E-state index contributed by atoms with van der Waals surface area (Å²) < 4.78 is 30.9. The third kappa shape index (κ3) is 4.78. The van der Waals surface area contributed by atoms with Crippen molar-refractivity contribution in [3.8, 4) is 0 Å². The second kappa shape index (κ2) is 8.53. The summed E-state index contributed by atoms with van der Waals surface area (Å²) in [5.74, 6) is -1.43. The summed E-state index contributed by atoms with van der Waals surface area (Å²) in [5.41, 5.74) is 0.668. The number of amides is 3. The lowest BCUT2D eigenvalue weighted by atomic mass is 10.3. The van der Waals surface area contributed by atoms with Gasteiger partial charge in [-0.1, -0.05) is 11.3 Å². The molecule has 1 aromatic heterocycles. The van der Waals surface area contributed by atoms with Gasteiger partial charge in [0.15, 0.2) is 4.80 Å². The third-order valence-electron chi connectivity index (χ3n) is 4.31. The Balaban J connectivity index is 2.00. The number of rotatable bonds is 7. The van der Waals surface area contributed by atoms with Crippen molar-refractivity contribution in [2.45, 2.75) is 31.2 Å². The summed E-state index contributed by atoms with van der Waals surface area (Å²) in [6.07, 6.45) is 0.194. The maximum Gasteiger partial charge on any atom is 0.268 e. The van der Waals surface area contributed by atoms with E-state index in [4.69, 9.17) is 9.88 Å². The van der Waals surface area contributed by atoms with Gasteiger partial charge in [0, 0.05) is 26.0 Å². The van der Waals surface area contributed by atoms with Gasteiger partial charge in [0.1, 0.15) is 6.54 Å². The maximum atomic E-state index is 12.4. The molecule has 1 aliphatic rings. The van der Waals surface area contributed by atoms with Crippen molar-refractivity contribution < 1.29 is 27.5 Å². The second-order valence-corrected chi connectivity index (χ2v) is 8.86. The van der Waals surface area contributed by atoms with Crippen LogP contribution in [0.15, 0.2) is 28.1 Å². The molecule has 2 aromatic rings. The molecule has 0 aliphatic carbocycles. The largest absolute Gasteiger partial charge is 0.380 e. The van der Waals surface area contributed by atoms with E-state index in [0.717, 1.165) is 16.2 Å². The Morgan fingerprint density at radius 3 is 2.59 bits per heavy atom. The molecule has 0 atom stereocenters. The maximum absolute atomic E-state index is 12.4. The first-order valence-electron chi connectivity index (χ1n) is 8.85. The number of hydrogen-bond acceptors (Lipinski definition) is 7. The fraction of sp³-hybridized carbons (Fsp3) is 0.412. The number of aromatic nitrogens is 1. The SMILES string of the molecule is CCOCCn1c(=NC(=O)CN2C(=O)CCC2=O)sc2cc(S(N)(=O)=O)ccc21. The number of benzene rings is 1. The van der Waals surface area contributed by atoms with Crippen LogP contribution in [0.1, 0.15) is 19.8 Å². The predicted molar refractivity (Wildman–Crippen MR) is 104 cm³/mol. The number of carbonyl (C=O) groups is 3. The van der Waals surface area contributed by atoms with E-state index < -0.39 is 34.3 Å². The van der Waals surface area contributed by atoms with E-state index in [0.29, 0.717) is 34.8 Å². The standard InChI is InChI=1S/C17H20N4O6S2/c1-2-27-8-7-20-12-4-3-11(29(18,25)26)9-13(12)28-17(20)19-14(22)10-21-15(23)5-6-16(21)24/h3-4,9H,2,5-8,10H2,1H3,(H2,18,25,26). The topological polar surface area (TPSA) is 141 Å². The molecule has 0 saturated carbocycles. The van der Waals surface area contributed by atoms with Crippen molar-refractivity contribution in [3.63, 3.8) is 0 Å². The molecule has 0 bridgehead atoms. The van der Waals surface area contributed by atoms with Crippen molar-refractivity contribution in [3.05, 3.63) is 23.0 Å². The molecule has 10 nitrogen and oxygen atoms in total. The van der Waals surface area contributed by atoms with Crippen molar-refractivity contribution in [2.24, 2.45) is 10.1 Å². The van der Waals surface area contributed by atoms with Gasteiger partial charge >= 0.3 is 0 Å². The van der Waals surface area contributed by atoms with E-state index in [1.807, 2.05) is 6.92 Å². The molecule has 1 aliphatic heterocycles. The van der Waals surface area contributed by atoms with Crippen LogP contribution in [-0.4, -0.2) is 55.4 Å². The van der Waals surface area contributed by atoms with Gasteiger partial charge in [-0.15, -0.1) is 0 Å². The van der Waals surface area contributed by atoms with E-state index >= 15 is 0 Å². The average molecular weight is 441 g/mol. The number of primary sulfonamides is 1. The van der Waals surface area contributed by atoms with E-state index in [1.165, 1.54) is 12.1 Å². The summed E-state index contributed by atoms with van der Waals surface area (Å²) in [5, 5.41) is 5.19. The minimum absolute atomic E-state index is 0.0469.